The Morgan fingerprint density at radius 1 is 1.03 bits per heavy atom. The molecule has 2 aromatic rings. The fourth-order valence-electron chi connectivity index (χ4n) is 4.23. The van der Waals surface area contributed by atoms with E-state index in [0.717, 1.165) is 11.8 Å². The van der Waals surface area contributed by atoms with E-state index in [1.807, 2.05) is 42.5 Å². The second kappa shape index (κ2) is 8.98. The maximum absolute atomic E-state index is 11.7. The first-order valence-corrected chi connectivity index (χ1v) is 12.9. The number of para-hydroxylation sites is 1. The highest BCUT2D eigenvalue weighted by Gasteiger charge is 2.44. The molecule has 2 fully saturated rings. The number of nitriles is 1. The summed E-state index contributed by atoms with van der Waals surface area (Å²) in [6.45, 7) is 0.683. The number of sulfonamides is 1. The van der Waals surface area contributed by atoms with E-state index in [0.29, 0.717) is 49.5 Å². The second-order valence-electron chi connectivity index (χ2n) is 8.98. The Labute approximate surface area is 190 Å². The molecular weight excluding hydrogens is 420 g/mol. The van der Waals surface area contributed by atoms with Crippen molar-refractivity contribution in [3.05, 3.63) is 65.7 Å². The monoisotopic (exact) mass is 448 g/mol. The van der Waals surface area contributed by atoms with Gasteiger partial charge in [-0.05, 0) is 62.1 Å². The lowest BCUT2D eigenvalue weighted by atomic mass is 9.66. The first kappa shape index (κ1) is 22.4. The van der Waals surface area contributed by atoms with Crippen LogP contribution in [0.2, 0.25) is 0 Å². The first-order chi connectivity index (χ1) is 15.3. The summed E-state index contributed by atoms with van der Waals surface area (Å²) in [6.07, 6.45) is 6.19. The minimum Gasteiger partial charge on any atom is -0.362 e. The molecule has 1 N–H and O–H groups in total. The van der Waals surface area contributed by atoms with E-state index < -0.39 is 21.0 Å². The van der Waals surface area contributed by atoms with Crippen LogP contribution in [0, 0.1) is 29.1 Å². The summed E-state index contributed by atoms with van der Waals surface area (Å²) in [4.78, 5) is 0. The van der Waals surface area contributed by atoms with Crippen LogP contribution in [0.15, 0.2) is 54.6 Å². The number of hydrogen-bond acceptors (Lipinski definition) is 4. The molecule has 0 aliphatic heterocycles. The van der Waals surface area contributed by atoms with E-state index in [4.69, 9.17) is 4.74 Å². The lowest BCUT2D eigenvalue weighted by Gasteiger charge is -2.40. The van der Waals surface area contributed by atoms with Crippen molar-refractivity contribution in [2.45, 2.75) is 49.5 Å². The third-order valence-corrected chi connectivity index (χ3v) is 6.98. The third kappa shape index (κ3) is 5.33. The summed E-state index contributed by atoms with van der Waals surface area (Å²) >= 11 is 0. The zero-order valence-electron chi connectivity index (χ0n) is 18.3. The average molecular weight is 449 g/mol. The molecule has 32 heavy (non-hydrogen) atoms. The standard InChI is InChI=1S/C26H28N2O3S/c1-32(29,30)28-24-10-6-5-7-22(24)13-14-26(31-19-21-11-12-21)17-15-25(20-27,16-18-26)23-8-3-2-4-9-23/h2-10,21,28H,11-12,15-19H2,1H3/t25-,26-. The number of hydrogen-bond donors (Lipinski definition) is 1. The fraction of sp³-hybridized carbons (Fsp3) is 0.423. The molecule has 0 bridgehead atoms. The average Bonchev–Trinajstić information content (AvgIpc) is 3.62. The molecule has 0 heterocycles. The maximum atomic E-state index is 11.7. The van der Waals surface area contributed by atoms with Gasteiger partial charge in [0, 0.05) is 5.56 Å². The molecule has 0 spiro atoms. The van der Waals surface area contributed by atoms with Crippen molar-refractivity contribution >= 4 is 15.7 Å². The molecule has 5 nitrogen and oxygen atoms in total. The Morgan fingerprint density at radius 2 is 1.69 bits per heavy atom. The molecule has 4 rings (SSSR count). The highest BCUT2D eigenvalue weighted by atomic mass is 32.2. The molecule has 2 aliphatic rings. The minimum absolute atomic E-state index is 0.464. The third-order valence-electron chi connectivity index (χ3n) is 6.39. The smallest absolute Gasteiger partial charge is 0.229 e. The van der Waals surface area contributed by atoms with Gasteiger partial charge in [-0.15, -0.1) is 0 Å². The molecular formula is C26H28N2O3S. The number of nitrogens with zero attached hydrogens (tertiary/aromatic N) is 1. The van der Waals surface area contributed by atoms with Gasteiger partial charge in [0.05, 0.1) is 30.0 Å². The Morgan fingerprint density at radius 3 is 2.31 bits per heavy atom. The van der Waals surface area contributed by atoms with Gasteiger partial charge in [-0.2, -0.15) is 5.26 Å². The van der Waals surface area contributed by atoms with Crippen molar-refractivity contribution in [3.63, 3.8) is 0 Å². The normalized spacial score (nSPS) is 25.2. The number of rotatable bonds is 6. The van der Waals surface area contributed by atoms with Gasteiger partial charge < -0.3 is 4.74 Å². The number of ether oxygens (including phenoxy) is 1. The van der Waals surface area contributed by atoms with Crippen molar-refractivity contribution in [3.8, 4) is 17.9 Å². The summed E-state index contributed by atoms with van der Waals surface area (Å²) in [7, 11) is -3.41. The highest BCUT2D eigenvalue weighted by Crippen LogP contribution is 2.45. The Bertz CT molecular complexity index is 1160. The molecule has 2 aromatic carbocycles. The van der Waals surface area contributed by atoms with Crippen LogP contribution in [-0.4, -0.2) is 26.9 Å². The summed E-state index contributed by atoms with van der Waals surface area (Å²) < 4.78 is 32.4. The molecule has 0 aromatic heterocycles. The van der Waals surface area contributed by atoms with Crippen molar-refractivity contribution in [2.24, 2.45) is 5.92 Å². The van der Waals surface area contributed by atoms with Crippen molar-refractivity contribution in [2.75, 3.05) is 17.6 Å². The van der Waals surface area contributed by atoms with Crippen molar-refractivity contribution < 1.29 is 13.2 Å². The predicted octanol–water partition coefficient (Wildman–Crippen LogP) is 4.61. The Balaban J connectivity index is 1.61. The number of nitrogens with one attached hydrogen (secondary N) is 1. The Kier molecular flexibility index (Phi) is 6.29. The largest absolute Gasteiger partial charge is 0.362 e. The number of benzene rings is 2. The lowest BCUT2D eigenvalue weighted by Crippen LogP contribution is -2.42. The molecule has 6 heteroatoms. The molecule has 166 valence electrons. The van der Waals surface area contributed by atoms with Crippen LogP contribution in [0.4, 0.5) is 5.69 Å². The van der Waals surface area contributed by atoms with E-state index in [2.05, 4.69) is 22.6 Å². The molecule has 0 unspecified atom stereocenters. The summed E-state index contributed by atoms with van der Waals surface area (Å²) in [5.74, 6) is 7.15. The molecule has 0 amide bonds. The highest BCUT2D eigenvalue weighted by molar-refractivity contribution is 7.92. The summed E-state index contributed by atoms with van der Waals surface area (Å²) in [5, 5.41) is 10.1. The number of anilines is 1. The van der Waals surface area contributed by atoms with Crippen LogP contribution in [0.1, 0.15) is 49.7 Å². The van der Waals surface area contributed by atoms with Crippen molar-refractivity contribution in [1.29, 1.82) is 5.26 Å². The van der Waals surface area contributed by atoms with Gasteiger partial charge >= 0.3 is 0 Å². The molecule has 2 aliphatic carbocycles. The minimum atomic E-state index is -3.41. The zero-order chi connectivity index (χ0) is 22.7. The molecule has 0 saturated heterocycles. The van der Waals surface area contributed by atoms with Crippen LogP contribution in [0.25, 0.3) is 0 Å². The van der Waals surface area contributed by atoms with Crippen molar-refractivity contribution in [1.82, 2.24) is 0 Å². The van der Waals surface area contributed by atoms with E-state index in [1.54, 1.807) is 12.1 Å². The van der Waals surface area contributed by atoms with Crippen LogP contribution in [0.3, 0.4) is 0 Å². The van der Waals surface area contributed by atoms with Crippen LogP contribution in [-0.2, 0) is 20.2 Å². The second-order valence-corrected chi connectivity index (χ2v) is 10.7. The quantitative estimate of drug-likeness (QED) is 0.655. The van der Waals surface area contributed by atoms with Gasteiger partial charge in [0.1, 0.15) is 5.60 Å². The topological polar surface area (TPSA) is 79.2 Å². The lowest BCUT2D eigenvalue weighted by molar-refractivity contribution is -0.0396. The van der Waals surface area contributed by atoms with Gasteiger partial charge in [-0.3, -0.25) is 4.72 Å². The summed E-state index contributed by atoms with van der Waals surface area (Å²) in [5.41, 5.74) is 0.980. The van der Waals surface area contributed by atoms with Gasteiger partial charge in [-0.1, -0.05) is 54.3 Å². The van der Waals surface area contributed by atoms with Crippen LogP contribution < -0.4 is 4.72 Å². The first-order valence-electron chi connectivity index (χ1n) is 11.0. The SMILES string of the molecule is CS(=O)(=O)Nc1ccccc1C#C[C@]1(OCC2CC2)CC[C@](C#N)(c2ccccc2)CC1. The van der Waals surface area contributed by atoms with E-state index in [9.17, 15) is 13.7 Å². The van der Waals surface area contributed by atoms with Gasteiger partial charge in [0.25, 0.3) is 0 Å². The molecule has 0 atom stereocenters. The van der Waals surface area contributed by atoms with Crippen LogP contribution in [0.5, 0.6) is 0 Å². The van der Waals surface area contributed by atoms with Crippen LogP contribution >= 0.6 is 0 Å². The predicted molar refractivity (Wildman–Crippen MR) is 125 cm³/mol. The maximum Gasteiger partial charge on any atom is 0.229 e. The summed E-state index contributed by atoms with van der Waals surface area (Å²) in [6, 6.07) is 19.7. The Hall–Kier alpha value is -2.80. The molecule has 0 radical (unpaired) electrons. The van der Waals surface area contributed by atoms with E-state index in [1.165, 1.54) is 12.8 Å². The van der Waals surface area contributed by atoms with Gasteiger partial charge in [-0.25, -0.2) is 8.42 Å². The molecule has 2 saturated carbocycles. The van der Waals surface area contributed by atoms with E-state index in [-0.39, 0.29) is 0 Å². The van der Waals surface area contributed by atoms with Gasteiger partial charge in [0.15, 0.2) is 0 Å². The van der Waals surface area contributed by atoms with E-state index >= 15 is 0 Å². The fourth-order valence-corrected chi connectivity index (χ4v) is 4.81. The zero-order valence-corrected chi connectivity index (χ0v) is 19.1. The van der Waals surface area contributed by atoms with Gasteiger partial charge in [0.2, 0.25) is 10.0 Å².